The number of hydrogen-bond donors (Lipinski definition) is 1. The van der Waals surface area contributed by atoms with Gasteiger partial charge in [-0.2, -0.15) is 0 Å². The Labute approximate surface area is 148 Å². The van der Waals surface area contributed by atoms with Crippen LogP contribution >= 0.6 is 0 Å². The number of aryl methyl sites for hydroxylation is 1. The van der Waals surface area contributed by atoms with Gasteiger partial charge in [-0.1, -0.05) is 36.4 Å². The number of aromatic amines is 1. The Bertz CT molecular complexity index is 1410. The second-order valence-electron chi connectivity index (χ2n) is 6.59. The van der Waals surface area contributed by atoms with Gasteiger partial charge in [0.25, 0.3) is 0 Å². The summed E-state index contributed by atoms with van der Waals surface area (Å²) >= 11 is 0. The van der Waals surface area contributed by atoms with Crippen molar-refractivity contribution in [1.82, 2.24) is 23.9 Å². The van der Waals surface area contributed by atoms with Crippen LogP contribution in [-0.2, 0) is 0 Å². The average Bonchev–Trinajstić information content (AvgIpc) is 3.32. The molecule has 0 saturated heterocycles. The summed E-state index contributed by atoms with van der Waals surface area (Å²) in [6.07, 6.45) is 0. The molecule has 0 aliphatic heterocycles. The van der Waals surface area contributed by atoms with E-state index in [4.69, 9.17) is 9.97 Å². The van der Waals surface area contributed by atoms with Crippen LogP contribution in [0, 0.1) is 6.92 Å². The lowest BCUT2D eigenvalue weighted by Gasteiger charge is -2.03. The van der Waals surface area contributed by atoms with E-state index in [0.29, 0.717) is 0 Å². The van der Waals surface area contributed by atoms with Gasteiger partial charge in [-0.15, -0.1) is 0 Å². The predicted octanol–water partition coefficient (Wildman–Crippen LogP) is 4.62. The highest BCUT2D eigenvalue weighted by atomic mass is 15.3. The predicted molar refractivity (Wildman–Crippen MR) is 104 cm³/mol. The minimum absolute atomic E-state index is 0.788. The molecule has 0 aliphatic carbocycles. The van der Waals surface area contributed by atoms with Gasteiger partial charge < -0.3 is 4.98 Å². The molecule has 5 nitrogen and oxygen atoms in total. The molecule has 1 N–H and O–H groups in total. The molecule has 0 atom stereocenters. The number of aromatic nitrogens is 5. The van der Waals surface area contributed by atoms with Crippen molar-refractivity contribution in [1.29, 1.82) is 0 Å². The summed E-state index contributed by atoms with van der Waals surface area (Å²) in [7, 11) is 0. The monoisotopic (exact) mass is 337 g/mol. The van der Waals surface area contributed by atoms with Gasteiger partial charge in [0.15, 0.2) is 0 Å². The average molecular weight is 337 g/mol. The number of hydrogen-bond acceptors (Lipinski definition) is 2. The van der Waals surface area contributed by atoms with Crippen molar-refractivity contribution in [2.45, 2.75) is 6.92 Å². The molecule has 6 aromatic rings. The summed E-state index contributed by atoms with van der Waals surface area (Å²) in [6.45, 7) is 2.13. The van der Waals surface area contributed by atoms with Gasteiger partial charge in [0.05, 0.1) is 33.1 Å². The summed E-state index contributed by atoms with van der Waals surface area (Å²) in [5, 5.41) is 0. The molecular weight excluding hydrogens is 322 g/mol. The number of rotatable bonds is 1. The van der Waals surface area contributed by atoms with Crippen LogP contribution < -0.4 is 0 Å². The fraction of sp³-hybridized carbons (Fsp3) is 0.0476. The molecule has 0 spiro atoms. The maximum atomic E-state index is 4.91. The zero-order valence-corrected chi connectivity index (χ0v) is 14.1. The van der Waals surface area contributed by atoms with Crippen LogP contribution in [0.25, 0.3) is 44.8 Å². The second kappa shape index (κ2) is 4.73. The highest BCUT2D eigenvalue weighted by Crippen LogP contribution is 2.30. The van der Waals surface area contributed by atoms with Gasteiger partial charge in [-0.25, -0.2) is 14.5 Å². The number of imidazole rings is 3. The van der Waals surface area contributed by atoms with Crippen LogP contribution in [0.4, 0.5) is 0 Å². The van der Waals surface area contributed by atoms with Crippen LogP contribution in [-0.4, -0.2) is 23.9 Å². The molecule has 3 aromatic carbocycles. The van der Waals surface area contributed by atoms with Gasteiger partial charge in [-0.3, -0.25) is 4.40 Å². The first-order valence-electron chi connectivity index (χ1n) is 8.63. The molecule has 124 valence electrons. The van der Waals surface area contributed by atoms with E-state index in [1.54, 1.807) is 0 Å². The number of para-hydroxylation sites is 5. The first-order chi connectivity index (χ1) is 12.8. The van der Waals surface area contributed by atoms with Crippen molar-refractivity contribution in [3.63, 3.8) is 0 Å². The molecule has 0 saturated carbocycles. The third kappa shape index (κ3) is 1.64. The molecule has 0 amide bonds. The third-order valence-corrected chi connectivity index (χ3v) is 5.01. The Balaban J connectivity index is 1.86. The maximum absolute atomic E-state index is 4.91. The number of nitrogens with zero attached hydrogens (tertiary/aromatic N) is 4. The minimum atomic E-state index is 0.788. The Morgan fingerprint density at radius 1 is 0.769 bits per heavy atom. The third-order valence-electron chi connectivity index (χ3n) is 5.01. The SMILES string of the molecule is Cc1cccc2c1n(-c1nc3ccccc3[nH]1)c1nc3ccccc3n21. The van der Waals surface area contributed by atoms with Crippen molar-refractivity contribution in [2.24, 2.45) is 0 Å². The van der Waals surface area contributed by atoms with E-state index in [0.717, 1.165) is 44.8 Å². The highest BCUT2D eigenvalue weighted by Gasteiger charge is 2.19. The fourth-order valence-electron chi connectivity index (χ4n) is 3.86. The zero-order valence-electron chi connectivity index (χ0n) is 14.1. The van der Waals surface area contributed by atoms with Crippen molar-refractivity contribution in [3.8, 4) is 5.95 Å². The Hall–Kier alpha value is -3.60. The topological polar surface area (TPSA) is 50.9 Å². The van der Waals surface area contributed by atoms with Crippen molar-refractivity contribution in [3.05, 3.63) is 72.3 Å². The van der Waals surface area contributed by atoms with E-state index >= 15 is 0 Å². The molecule has 0 unspecified atom stereocenters. The number of nitrogens with one attached hydrogen (secondary N) is 1. The van der Waals surface area contributed by atoms with Crippen LogP contribution in [0.5, 0.6) is 0 Å². The largest absolute Gasteiger partial charge is 0.323 e. The Morgan fingerprint density at radius 3 is 2.42 bits per heavy atom. The molecular formula is C21H15N5. The number of H-pyrrole nitrogens is 1. The van der Waals surface area contributed by atoms with Crippen molar-refractivity contribution < 1.29 is 0 Å². The number of benzene rings is 3. The van der Waals surface area contributed by atoms with E-state index < -0.39 is 0 Å². The zero-order chi connectivity index (χ0) is 17.3. The lowest BCUT2D eigenvalue weighted by atomic mass is 10.2. The van der Waals surface area contributed by atoms with Gasteiger partial charge in [0, 0.05) is 0 Å². The van der Waals surface area contributed by atoms with Crippen LogP contribution in [0.3, 0.4) is 0 Å². The molecule has 0 radical (unpaired) electrons. The van der Waals surface area contributed by atoms with Gasteiger partial charge in [-0.05, 0) is 42.8 Å². The summed E-state index contributed by atoms with van der Waals surface area (Å²) in [5.74, 6) is 1.66. The summed E-state index contributed by atoms with van der Waals surface area (Å²) in [6, 6.07) is 22.7. The van der Waals surface area contributed by atoms with E-state index in [9.17, 15) is 0 Å². The van der Waals surface area contributed by atoms with Gasteiger partial charge in [0.2, 0.25) is 11.7 Å². The van der Waals surface area contributed by atoms with Crippen LogP contribution in [0.15, 0.2) is 66.7 Å². The summed E-state index contributed by atoms with van der Waals surface area (Å²) < 4.78 is 4.34. The molecule has 3 aromatic heterocycles. The molecule has 0 aliphatic rings. The van der Waals surface area contributed by atoms with E-state index in [1.165, 1.54) is 5.56 Å². The molecule has 6 rings (SSSR count). The first-order valence-corrected chi connectivity index (χ1v) is 8.63. The van der Waals surface area contributed by atoms with Crippen molar-refractivity contribution >= 4 is 38.9 Å². The molecule has 3 heterocycles. The second-order valence-corrected chi connectivity index (χ2v) is 6.59. The van der Waals surface area contributed by atoms with E-state index in [-0.39, 0.29) is 0 Å². The van der Waals surface area contributed by atoms with E-state index in [1.807, 2.05) is 36.4 Å². The normalized spacial score (nSPS) is 12.0. The Kier molecular flexibility index (Phi) is 2.48. The maximum Gasteiger partial charge on any atom is 0.223 e. The molecule has 5 heteroatoms. The molecule has 0 fully saturated rings. The van der Waals surface area contributed by atoms with E-state index in [2.05, 4.69) is 51.2 Å². The number of fused-ring (bicyclic) bond motifs is 6. The van der Waals surface area contributed by atoms with Gasteiger partial charge in [0.1, 0.15) is 0 Å². The Morgan fingerprint density at radius 2 is 1.54 bits per heavy atom. The molecule has 26 heavy (non-hydrogen) atoms. The quantitative estimate of drug-likeness (QED) is 0.476. The standard InChI is InChI=1S/C21H15N5/c1-13-7-6-12-18-19(13)26(20-22-14-8-2-3-9-15(14)23-20)21-24-16-10-4-5-11-17(16)25(18)21/h2-12H,1H3,(H,22,23). The van der Waals surface area contributed by atoms with Crippen molar-refractivity contribution in [2.75, 3.05) is 0 Å². The van der Waals surface area contributed by atoms with Crippen LogP contribution in [0.2, 0.25) is 0 Å². The fourth-order valence-corrected chi connectivity index (χ4v) is 3.86. The summed E-state index contributed by atoms with van der Waals surface area (Å²) in [5.41, 5.74) is 7.51. The lowest BCUT2D eigenvalue weighted by molar-refractivity contribution is 1.01. The minimum Gasteiger partial charge on any atom is -0.323 e. The molecule has 0 bridgehead atoms. The van der Waals surface area contributed by atoms with Crippen LogP contribution in [0.1, 0.15) is 5.56 Å². The lowest BCUT2D eigenvalue weighted by Crippen LogP contribution is -1.98. The van der Waals surface area contributed by atoms with Gasteiger partial charge >= 0.3 is 0 Å². The smallest absolute Gasteiger partial charge is 0.223 e. The first kappa shape index (κ1) is 13.7. The highest BCUT2D eigenvalue weighted by molar-refractivity contribution is 5.93. The summed E-state index contributed by atoms with van der Waals surface area (Å²) in [4.78, 5) is 13.2.